The first-order chi connectivity index (χ1) is 32.5. The van der Waals surface area contributed by atoms with Crippen molar-refractivity contribution in [1.82, 2.24) is 4.98 Å². The van der Waals surface area contributed by atoms with Crippen molar-refractivity contribution >= 4 is 0 Å². The van der Waals surface area contributed by atoms with Crippen LogP contribution in [0.4, 0.5) is 13.2 Å². The van der Waals surface area contributed by atoms with E-state index in [1.54, 1.807) is 0 Å². The van der Waals surface area contributed by atoms with Gasteiger partial charge in [0.25, 0.3) is 0 Å². The first-order valence-electron chi connectivity index (χ1n) is 26.5. The van der Waals surface area contributed by atoms with Gasteiger partial charge in [0.15, 0.2) is 0 Å². The number of hydrogen-bond acceptors (Lipinski definition) is 3. The number of aromatic nitrogens is 1. The molecule has 8 saturated carbocycles. The Balaban J connectivity index is 0.00000582. The van der Waals surface area contributed by atoms with E-state index >= 15 is 13.2 Å². The Hall–Kier alpha value is -3.71. The van der Waals surface area contributed by atoms with Crippen LogP contribution < -0.4 is 0 Å². The number of benzene rings is 4. The second-order valence-electron chi connectivity index (χ2n) is 28.0. The fraction of sp³-hybridized carbons (Fsp3) is 0.547. The molecule has 2 N–H and O–H groups in total. The second-order valence-corrected chi connectivity index (χ2v) is 28.0. The van der Waals surface area contributed by atoms with E-state index in [-0.39, 0.29) is 104 Å². The van der Waals surface area contributed by atoms with Crippen LogP contribution in [-0.2, 0) is 42.8 Å². The van der Waals surface area contributed by atoms with Crippen molar-refractivity contribution in [3.63, 3.8) is 0 Å². The minimum Gasteiger partial charge on any atom is -0.507 e. The molecule has 0 spiro atoms. The van der Waals surface area contributed by atoms with Crippen LogP contribution in [-0.4, -0.2) is 15.2 Å². The minimum atomic E-state index is -4.68. The summed E-state index contributed by atoms with van der Waals surface area (Å²) < 4.78 is 46.7. The second kappa shape index (κ2) is 16.1. The van der Waals surface area contributed by atoms with Gasteiger partial charge >= 0.3 is 6.18 Å². The summed E-state index contributed by atoms with van der Waals surface area (Å²) in [5.74, 6) is 0.651. The maximum atomic E-state index is 15.6. The van der Waals surface area contributed by atoms with Crippen LogP contribution in [0.2, 0.25) is 0 Å². The quantitative estimate of drug-likeness (QED) is 0.152. The Kier molecular flexibility index (Phi) is 11.6. The molecule has 8 aliphatic rings. The SMILES string of the molecule is Cc1cc(-c2ccc(C(C)C)cc2-c2cc(C(F)(F)F)cc(-c3cc(C(C)C)ccc3-c3cc(C)cc(C45CC6(C)CC(C)(CC(C)(C6)C4)C5)c3O)n2)c(O)c(C23CC4(C)CC(C)(CC(C)(C4)C2)C3)c1.[Hf]. The molecule has 5 aromatic rings. The standard InChI is InChI=1S/C64H76F3NO2.Hf/c1-37(2)41-13-15-44(48-17-39(5)19-50(54(48)69)62-31-56(7)25-57(8,32-62)27-58(9,26-56)33-62)46(21-41)52-23-43(64(65,66)67)24-53(68-52)47-22-42(38(3)4)14-16-45(47)49-18-40(6)20-51(55(49)70)63-34-59(10)28-60(11,35-63)30-61(12,29-59)36-63;/h13-24,37-38,69-70H,25-36H2,1-12H3;. The molecule has 0 aliphatic heterocycles. The maximum Gasteiger partial charge on any atom is 0.416 e. The minimum absolute atomic E-state index is 0. The molecule has 3 nitrogen and oxygen atoms in total. The number of nitrogens with zero attached hydrogens (tertiary/aromatic N) is 1. The van der Waals surface area contributed by atoms with Gasteiger partial charge in [-0.15, -0.1) is 0 Å². The topological polar surface area (TPSA) is 53.4 Å². The predicted molar refractivity (Wildman–Crippen MR) is 279 cm³/mol. The summed E-state index contributed by atoms with van der Waals surface area (Å²) in [7, 11) is 0. The predicted octanol–water partition coefficient (Wildman–Crippen LogP) is 18.3. The third-order valence-corrected chi connectivity index (χ3v) is 19.1. The molecule has 0 saturated heterocycles. The van der Waals surface area contributed by atoms with Gasteiger partial charge < -0.3 is 10.2 Å². The molecule has 0 unspecified atom stereocenters. The zero-order chi connectivity index (χ0) is 50.1. The average molecular weight is 1130 g/mol. The number of phenols is 2. The fourth-order valence-corrected chi connectivity index (χ4v) is 19.6. The van der Waals surface area contributed by atoms with Gasteiger partial charge in [-0.25, -0.2) is 4.98 Å². The molecule has 374 valence electrons. The van der Waals surface area contributed by atoms with Crippen LogP contribution in [0.1, 0.15) is 197 Å². The van der Waals surface area contributed by atoms with Gasteiger partial charge in [-0.3, -0.25) is 0 Å². The monoisotopic (exact) mass is 1130 g/mol. The smallest absolute Gasteiger partial charge is 0.416 e. The van der Waals surface area contributed by atoms with E-state index < -0.39 is 11.7 Å². The Labute approximate surface area is 441 Å². The molecule has 71 heavy (non-hydrogen) atoms. The number of hydrogen-bond donors (Lipinski definition) is 2. The first-order valence-corrected chi connectivity index (χ1v) is 26.5. The Morgan fingerprint density at radius 2 is 0.746 bits per heavy atom. The van der Waals surface area contributed by atoms with Gasteiger partial charge in [0.1, 0.15) is 11.5 Å². The molecule has 1 heterocycles. The van der Waals surface area contributed by atoms with E-state index in [4.69, 9.17) is 4.98 Å². The van der Waals surface area contributed by atoms with Crippen molar-refractivity contribution in [3.05, 3.63) is 112 Å². The maximum absolute atomic E-state index is 15.6. The summed E-state index contributed by atoms with van der Waals surface area (Å²) in [5.41, 5.74) is 10.0. The number of rotatable bonds is 8. The van der Waals surface area contributed by atoms with Gasteiger partial charge in [-0.1, -0.05) is 106 Å². The van der Waals surface area contributed by atoms with Gasteiger partial charge in [0, 0.05) is 70.1 Å². The number of alkyl halides is 3. The third-order valence-electron chi connectivity index (χ3n) is 19.1. The zero-order valence-electron chi connectivity index (χ0n) is 44.5. The number of aromatic hydroxyl groups is 2. The Morgan fingerprint density at radius 1 is 0.437 bits per heavy atom. The van der Waals surface area contributed by atoms with Gasteiger partial charge in [0.2, 0.25) is 0 Å². The van der Waals surface area contributed by atoms with Crippen molar-refractivity contribution in [2.24, 2.45) is 32.5 Å². The summed E-state index contributed by atoms with van der Waals surface area (Å²) >= 11 is 0. The van der Waals surface area contributed by atoms with Crippen LogP contribution in [0.15, 0.2) is 72.8 Å². The van der Waals surface area contributed by atoms with E-state index in [0.717, 1.165) is 71.9 Å². The van der Waals surface area contributed by atoms with E-state index in [1.807, 2.05) is 36.4 Å². The van der Waals surface area contributed by atoms with Crippen LogP contribution in [0.3, 0.4) is 0 Å². The van der Waals surface area contributed by atoms with Gasteiger partial charge in [-0.2, -0.15) is 13.2 Å². The molecule has 4 aromatic carbocycles. The number of aryl methyl sites for hydroxylation is 2. The summed E-state index contributed by atoms with van der Waals surface area (Å²) in [4.78, 5) is 5.31. The number of phenolic OH excluding ortho intramolecular Hbond substituents is 2. The van der Waals surface area contributed by atoms with Crippen molar-refractivity contribution < 1.29 is 49.2 Å². The molecule has 8 aliphatic carbocycles. The average Bonchev–Trinajstić information content (AvgIpc) is 3.20. The molecule has 13 rings (SSSR count). The molecule has 8 fully saturated rings. The molecule has 7 heteroatoms. The summed E-state index contributed by atoms with van der Waals surface area (Å²) in [5, 5.41) is 25.7. The van der Waals surface area contributed by atoms with Gasteiger partial charge in [-0.05, 0) is 205 Å². The van der Waals surface area contributed by atoms with Crippen molar-refractivity contribution in [2.45, 2.75) is 189 Å². The van der Waals surface area contributed by atoms with Crippen LogP contribution in [0, 0.1) is 46.3 Å². The third kappa shape index (κ3) is 8.43. The Bertz CT molecular complexity index is 2720. The van der Waals surface area contributed by atoms with Crippen LogP contribution >= 0.6 is 0 Å². The molecular formula is C64H76F3HfNO2. The van der Waals surface area contributed by atoms with Gasteiger partial charge in [0.05, 0.1) is 17.0 Å². The van der Waals surface area contributed by atoms with Crippen LogP contribution in [0.5, 0.6) is 11.5 Å². The van der Waals surface area contributed by atoms with E-state index in [0.29, 0.717) is 33.4 Å². The Morgan fingerprint density at radius 3 is 1.03 bits per heavy atom. The summed E-state index contributed by atoms with van der Waals surface area (Å²) in [6, 6.07) is 22.9. The first kappa shape index (κ1) is 50.8. The molecule has 0 atom stereocenters. The van der Waals surface area contributed by atoms with E-state index in [2.05, 4.69) is 107 Å². The van der Waals surface area contributed by atoms with Crippen molar-refractivity contribution in [1.29, 1.82) is 0 Å². The molecular weight excluding hydrogens is 1050 g/mol. The van der Waals surface area contributed by atoms with E-state index in [9.17, 15) is 10.2 Å². The molecule has 0 amide bonds. The van der Waals surface area contributed by atoms with Crippen molar-refractivity contribution in [3.8, 4) is 56.3 Å². The molecule has 1 aromatic heterocycles. The fourth-order valence-electron chi connectivity index (χ4n) is 19.6. The number of halogens is 3. The largest absolute Gasteiger partial charge is 0.507 e. The van der Waals surface area contributed by atoms with E-state index in [1.165, 1.54) is 50.7 Å². The summed E-state index contributed by atoms with van der Waals surface area (Å²) in [6.07, 6.45) is 8.66. The summed E-state index contributed by atoms with van der Waals surface area (Å²) in [6.45, 7) is 27.3. The normalized spacial score (nSPS) is 33.6. The zero-order valence-corrected chi connectivity index (χ0v) is 48.1. The number of pyridine rings is 1. The van der Waals surface area contributed by atoms with Crippen molar-refractivity contribution in [2.75, 3.05) is 0 Å². The molecule has 0 radical (unpaired) electrons. The molecule has 8 bridgehead atoms. The van der Waals surface area contributed by atoms with Crippen LogP contribution in [0.25, 0.3) is 44.8 Å².